The lowest BCUT2D eigenvalue weighted by Gasteiger charge is -2.27. The third-order valence-electron chi connectivity index (χ3n) is 3.47. The highest BCUT2D eigenvalue weighted by Crippen LogP contribution is 2.39. The maximum Gasteiger partial charge on any atom is 0.0281 e. The van der Waals surface area contributed by atoms with Crippen LogP contribution in [0.1, 0.15) is 31.2 Å². The largest absolute Gasteiger partial charge is 0.311 e. The van der Waals surface area contributed by atoms with Crippen molar-refractivity contribution < 1.29 is 0 Å². The van der Waals surface area contributed by atoms with Crippen molar-refractivity contribution in [2.24, 2.45) is 0 Å². The lowest BCUT2D eigenvalue weighted by Crippen LogP contribution is -2.34. The minimum absolute atomic E-state index is 0.507. The van der Waals surface area contributed by atoms with Crippen LogP contribution in [0.15, 0.2) is 24.5 Å². The van der Waals surface area contributed by atoms with Crippen LogP contribution < -0.4 is 5.32 Å². The van der Waals surface area contributed by atoms with Crippen molar-refractivity contribution in [3.05, 3.63) is 30.1 Å². The Morgan fingerprint density at radius 1 is 1.31 bits per heavy atom. The quantitative estimate of drug-likeness (QED) is 0.851. The van der Waals surface area contributed by atoms with Gasteiger partial charge in [0.15, 0.2) is 0 Å². The predicted molar refractivity (Wildman–Crippen MR) is 70.7 cm³/mol. The van der Waals surface area contributed by atoms with Gasteiger partial charge in [-0.1, -0.05) is 12.8 Å². The van der Waals surface area contributed by atoms with E-state index in [4.69, 9.17) is 0 Å². The Kier molecular flexibility index (Phi) is 4.24. The van der Waals surface area contributed by atoms with E-state index in [1.807, 2.05) is 24.2 Å². The van der Waals surface area contributed by atoms with Crippen LogP contribution in [-0.2, 0) is 6.54 Å². The van der Waals surface area contributed by atoms with Crippen molar-refractivity contribution in [3.8, 4) is 0 Å². The first kappa shape index (κ1) is 11.9. The van der Waals surface area contributed by atoms with Gasteiger partial charge >= 0.3 is 0 Å². The van der Waals surface area contributed by atoms with Crippen molar-refractivity contribution in [2.75, 3.05) is 12.8 Å². The molecule has 3 heteroatoms. The average molecular weight is 236 g/mol. The fourth-order valence-corrected chi connectivity index (χ4v) is 3.35. The number of rotatable bonds is 5. The summed E-state index contributed by atoms with van der Waals surface area (Å²) in [5.74, 6) is 0. The van der Waals surface area contributed by atoms with Gasteiger partial charge in [0.05, 0.1) is 0 Å². The Hall–Kier alpha value is -0.540. The van der Waals surface area contributed by atoms with E-state index in [1.54, 1.807) is 0 Å². The van der Waals surface area contributed by atoms with Crippen molar-refractivity contribution in [1.82, 2.24) is 10.3 Å². The Bertz CT molecular complexity index is 307. The average Bonchev–Trinajstić information content (AvgIpc) is 2.80. The molecule has 1 saturated carbocycles. The monoisotopic (exact) mass is 236 g/mol. The van der Waals surface area contributed by atoms with Crippen LogP contribution in [0.5, 0.6) is 0 Å². The molecule has 1 N–H and O–H groups in total. The molecule has 0 amide bonds. The first-order valence-electron chi connectivity index (χ1n) is 5.99. The van der Waals surface area contributed by atoms with E-state index in [0.29, 0.717) is 4.75 Å². The number of nitrogens with one attached hydrogen (secondary N) is 1. The summed E-state index contributed by atoms with van der Waals surface area (Å²) >= 11 is 2.04. The molecule has 0 atom stereocenters. The molecule has 0 radical (unpaired) electrons. The molecule has 2 nitrogen and oxygen atoms in total. The Labute approximate surface area is 102 Å². The second kappa shape index (κ2) is 5.69. The van der Waals surface area contributed by atoms with E-state index in [-0.39, 0.29) is 0 Å². The lowest BCUT2D eigenvalue weighted by molar-refractivity contribution is 0.533. The first-order valence-corrected chi connectivity index (χ1v) is 7.22. The maximum absolute atomic E-state index is 4.03. The van der Waals surface area contributed by atoms with E-state index in [2.05, 4.69) is 28.7 Å². The van der Waals surface area contributed by atoms with Gasteiger partial charge < -0.3 is 5.32 Å². The molecule has 1 aromatic heterocycles. The van der Waals surface area contributed by atoms with Crippen LogP contribution in [0.2, 0.25) is 0 Å². The highest BCUT2D eigenvalue weighted by Gasteiger charge is 2.32. The highest BCUT2D eigenvalue weighted by molar-refractivity contribution is 8.00. The molecule has 1 heterocycles. The van der Waals surface area contributed by atoms with Gasteiger partial charge in [0.1, 0.15) is 0 Å². The van der Waals surface area contributed by atoms with Crippen LogP contribution in [-0.4, -0.2) is 22.5 Å². The number of aromatic nitrogens is 1. The molecule has 0 aliphatic heterocycles. The van der Waals surface area contributed by atoms with E-state index < -0.39 is 0 Å². The predicted octanol–water partition coefficient (Wildman–Crippen LogP) is 2.85. The Balaban J connectivity index is 1.79. The zero-order chi connectivity index (χ0) is 11.3. The van der Waals surface area contributed by atoms with Gasteiger partial charge in [0.25, 0.3) is 0 Å². The number of hydrogen-bond acceptors (Lipinski definition) is 3. The standard InChI is InChI=1S/C13H20N2S/c1-16-13(6-2-3-7-13)11-15-10-12-4-8-14-9-5-12/h4-5,8-9,15H,2-3,6-7,10-11H2,1H3. The van der Waals surface area contributed by atoms with Gasteiger partial charge in [-0.2, -0.15) is 11.8 Å². The highest BCUT2D eigenvalue weighted by atomic mass is 32.2. The summed E-state index contributed by atoms with van der Waals surface area (Å²) in [4.78, 5) is 4.03. The summed E-state index contributed by atoms with van der Waals surface area (Å²) in [6.07, 6.45) is 11.5. The summed E-state index contributed by atoms with van der Waals surface area (Å²) in [5.41, 5.74) is 1.32. The lowest BCUT2D eigenvalue weighted by atomic mass is 10.1. The molecular formula is C13H20N2S. The van der Waals surface area contributed by atoms with Crippen molar-refractivity contribution in [3.63, 3.8) is 0 Å². The minimum Gasteiger partial charge on any atom is -0.311 e. The molecule has 16 heavy (non-hydrogen) atoms. The molecular weight excluding hydrogens is 216 g/mol. The van der Waals surface area contributed by atoms with Crippen molar-refractivity contribution in [2.45, 2.75) is 37.0 Å². The van der Waals surface area contributed by atoms with Gasteiger partial charge in [-0.05, 0) is 36.8 Å². The molecule has 1 aromatic rings. The molecule has 0 spiro atoms. The molecule has 1 aliphatic rings. The second-order valence-corrected chi connectivity index (χ2v) is 5.83. The fourth-order valence-electron chi connectivity index (χ4n) is 2.41. The summed E-state index contributed by atoms with van der Waals surface area (Å²) in [5, 5.41) is 3.59. The zero-order valence-electron chi connectivity index (χ0n) is 9.91. The summed E-state index contributed by atoms with van der Waals surface area (Å²) in [7, 11) is 0. The second-order valence-electron chi connectivity index (χ2n) is 4.55. The van der Waals surface area contributed by atoms with Gasteiger partial charge in [-0.15, -0.1) is 0 Å². The molecule has 0 bridgehead atoms. The minimum atomic E-state index is 0.507. The third kappa shape index (κ3) is 2.98. The summed E-state index contributed by atoms with van der Waals surface area (Å²) < 4.78 is 0.507. The van der Waals surface area contributed by atoms with Crippen LogP contribution >= 0.6 is 11.8 Å². The van der Waals surface area contributed by atoms with Gasteiger partial charge in [0, 0.05) is 30.2 Å². The van der Waals surface area contributed by atoms with E-state index in [1.165, 1.54) is 31.2 Å². The molecule has 1 fully saturated rings. The van der Waals surface area contributed by atoms with E-state index >= 15 is 0 Å². The third-order valence-corrected chi connectivity index (χ3v) is 4.89. The van der Waals surface area contributed by atoms with Crippen LogP contribution in [0.25, 0.3) is 0 Å². The van der Waals surface area contributed by atoms with Gasteiger partial charge in [-0.3, -0.25) is 4.98 Å². The van der Waals surface area contributed by atoms with Crippen LogP contribution in [0, 0.1) is 0 Å². The first-order chi connectivity index (χ1) is 7.85. The topological polar surface area (TPSA) is 24.9 Å². The number of thioether (sulfide) groups is 1. The number of hydrogen-bond donors (Lipinski definition) is 1. The van der Waals surface area contributed by atoms with E-state index in [0.717, 1.165) is 13.1 Å². The summed E-state index contributed by atoms with van der Waals surface area (Å²) in [6.45, 7) is 2.10. The Morgan fingerprint density at radius 2 is 2.00 bits per heavy atom. The number of nitrogens with zero attached hydrogens (tertiary/aromatic N) is 1. The molecule has 0 aromatic carbocycles. The SMILES string of the molecule is CSC1(CNCc2ccncc2)CCCC1. The molecule has 0 unspecified atom stereocenters. The zero-order valence-corrected chi connectivity index (χ0v) is 10.7. The fraction of sp³-hybridized carbons (Fsp3) is 0.615. The van der Waals surface area contributed by atoms with E-state index in [9.17, 15) is 0 Å². The van der Waals surface area contributed by atoms with Crippen molar-refractivity contribution in [1.29, 1.82) is 0 Å². The maximum atomic E-state index is 4.03. The van der Waals surface area contributed by atoms with Crippen molar-refractivity contribution >= 4 is 11.8 Å². The molecule has 88 valence electrons. The smallest absolute Gasteiger partial charge is 0.0281 e. The molecule has 1 aliphatic carbocycles. The normalized spacial score (nSPS) is 18.8. The van der Waals surface area contributed by atoms with Crippen LogP contribution in [0.4, 0.5) is 0 Å². The van der Waals surface area contributed by atoms with Gasteiger partial charge in [-0.25, -0.2) is 0 Å². The van der Waals surface area contributed by atoms with Gasteiger partial charge in [0.2, 0.25) is 0 Å². The molecule has 0 saturated heterocycles. The summed E-state index contributed by atoms with van der Waals surface area (Å²) in [6, 6.07) is 4.15. The Morgan fingerprint density at radius 3 is 2.62 bits per heavy atom. The molecule has 2 rings (SSSR count). The van der Waals surface area contributed by atoms with Crippen LogP contribution in [0.3, 0.4) is 0 Å². The number of pyridine rings is 1.